The van der Waals surface area contributed by atoms with Gasteiger partial charge in [-0.1, -0.05) is 31.1 Å². The molecule has 7 heteroatoms. The van der Waals surface area contributed by atoms with Crippen molar-refractivity contribution in [3.05, 3.63) is 30.1 Å². The number of carbonyl (C=O) groups excluding carboxylic acids is 1. The highest BCUT2D eigenvalue weighted by Gasteiger charge is 2.33. The summed E-state index contributed by atoms with van der Waals surface area (Å²) >= 11 is 0. The van der Waals surface area contributed by atoms with E-state index in [1.165, 1.54) is 0 Å². The van der Waals surface area contributed by atoms with Crippen molar-refractivity contribution in [2.45, 2.75) is 32.8 Å². The van der Waals surface area contributed by atoms with E-state index in [1.807, 2.05) is 43.0 Å². The summed E-state index contributed by atoms with van der Waals surface area (Å²) in [6, 6.07) is 7.58. The molecule has 0 atom stereocenters. The van der Waals surface area contributed by atoms with Crippen LogP contribution >= 0.6 is 0 Å². The molecule has 0 radical (unpaired) electrons. The SMILES string of the molecule is COCCc1noc(-c2ccccc2OC2CN(C(=O)CC(C)C)C2)n1. The molecule has 1 aliphatic heterocycles. The Balaban J connectivity index is 1.62. The quantitative estimate of drug-likeness (QED) is 0.721. The summed E-state index contributed by atoms with van der Waals surface area (Å²) in [5.74, 6) is 2.28. The first kappa shape index (κ1) is 18.4. The summed E-state index contributed by atoms with van der Waals surface area (Å²) in [4.78, 5) is 18.3. The van der Waals surface area contributed by atoms with Crippen LogP contribution in [0.25, 0.3) is 11.5 Å². The van der Waals surface area contributed by atoms with Gasteiger partial charge in [0.2, 0.25) is 5.91 Å². The number of likely N-dealkylation sites (tertiary alicyclic amines) is 1. The fourth-order valence-corrected chi connectivity index (χ4v) is 2.78. The lowest BCUT2D eigenvalue weighted by atomic mass is 10.1. The van der Waals surface area contributed by atoms with Crippen molar-refractivity contribution in [1.29, 1.82) is 0 Å². The molecule has 0 spiro atoms. The molecule has 3 rings (SSSR count). The Bertz CT molecular complexity index is 738. The maximum absolute atomic E-state index is 12.0. The predicted molar refractivity (Wildman–Crippen MR) is 95.8 cm³/mol. The van der Waals surface area contributed by atoms with Crippen LogP contribution in [0.3, 0.4) is 0 Å². The van der Waals surface area contributed by atoms with E-state index in [9.17, 15) is 4.79 Å². The van der Waals surface area contributed by atoms with Crippen LogP contribution in [-0.2, 0) is 16.0 Å². The molecule has 2 aromatic rings. The molecule has 1 amide bonds. The van der Waals surface area contributed by atoms with Gasteiger partial charge in [-0.05, 0) is 18.1 Å². The highest BCUT2D eigenvalue weighted by Crippen LogP contribution is 2.30. The minimum Gasteiger partial charge on any atom is -0.486 e. The van der Waals surface area contributed by atoms with Crippen molar-refractivity contribution in [3.8, 4) is 17.2 Å². The van der Waals surface area contributed by atoms with Crippen LogP contribution in [0, 0.1) is 5.92 Å². The zero-order valence-electron chi connectivity index (χ0n) is 15.5. The minimum absolute atomic E-state index is 0.0110. The highest BCUT2D eigenvalue weighted by molar-refractivity contribution is 5.77. The second kappa shape index (κ2) is 8.31. The predicted octanol–water partition coefficient (Wildman–Crippen LogP) is 2.56. The Kier molecular flexibility index (Phi) is 5.88. The summed E-state index contributed by atoms with van der Waals surface area (Å²) in [5, 5.41) is 3.97. The molecular formula is C19H25N3O4. The molecule has 7 nitrogen and oxygen atoms in total. The first-order valence-corrected chi connectivity index (χ1v) is 8.92. The second-order valence-corrected chi connectivity index (χ2v) is 6.89. The fraction of sp³-hybridized carbons (Fsp3) is 0.526. The Morgan fingerprint density at radius 1 is 1.35 bits per heavy atom. The van der Waals surface area contributed by atoms with E-state index in [0.717, 1.165) is 5.56 Å². The zero-order chi connectivity index (χ0) is 18.5. The summed E-state index contributed by atoms with van der Waals surface area (Å²) < 4.78 is 16.5. The van der Waals surface area contributed by atoms with Crippen LogP contribution in [0.2, 0.25) is 0 Å². The maximum atomic E-state index is 12.0. The Morgan fingerprint density at radius 3 is 2.85 bits per heavy atom. The average molecular weight is 359 g/mol. The van der Waals surface area contributed by atoms with Gasteiger partial charge in [0.05, 0.1) is 25.3 Å². The van der Waals surface area contributed by atoms with Gasteiger partial charge in [0.25, 0.3) is 5.89 Å². The lowest BCUT2D eigenvalue weighted by Gasteiger charge is -2.39. The molecule has 0 aliphatic carbocycles. The van der Waals surface area contributed by atoms with Crippen LogP contribution in [0.5, 0.6) is 5.75 Å². The van der Waals surface area contributed by atoms with Crippen molar-refractivity contribution in [1.82, 2.24) is 15.0 Å². The lowest BCUT2D eigenvalue weighted by molar-refractivity contribution is -0.140. The zero-order valence-corrected chi connectivity index (χ0v) is 15.5. The van der Waals surface area contributed by atoms with Crippen LogP contribution in [-0.4, -0.2) is 53.9 Å². The molecule has 1 aliphatic rings. The number of rotatable bonds is 8. The van der Waals surface area contributed by atoms with Gasteiger partial charge in [0.15, 0.2) is 5.82 Å². The molecule has 2 heterocycles. The summed E-state index contributed by atoms with van der Waals surface area (Å²) in [5.41, 5.74) is 0.760. The van der Waals surface area contributed by atoms with E-state index in [2.05, 4.69) is 10.1 Å². The van der Waals surface area contributed by atoms with Crippen LogP contribution in [0.1, 0.15) is 26.1 Å². The largest absolute Gasteiger partial charge is 0.486 e. The maximum Gasteiger partial charge on any atom is 0.261 e. The van der Waals surface area contributed by atoms with E-state index in [4.69, 9.17) is 14.0 Å². The van der Waals surface area contributed by atoms with Gasteiger partial charge in [-0.15, -0.1) is 0 Å². The summed E-state index contributed by atoms with van der Waals surface area (Å²) in [6.07, 6.45) is 1.16. The normalized spacial score (nSPS) is 14.5. The Hall–Kier alpha value is -2.41. The molecule has 1 aromatic carbocycles. The van der Waals surface area contributed by atoms with Crippen molar-refractivity contribution < 1.29 is 18.8 Å². The van der Waals surface area contributed by atoms with Crippen molar-refractivity contribution in [2.75, 3.05) is 26.8 Å². The number of methoxy groups -OCH3 is 1. The molecule has 0 saturated carbocycles. The molecule has 0 unspecified atom stereocenters. The number of nitrogens with zero attached hydrogens (tertiary/aromatic N) is 3. The fourth-order valence-electron chi connectivity index (χ4n) is 2.78. The number of ether oxygens (including phenoxy) is 2. The topological polar surface area (TPSA) is 77.7 Å². The third-order valence-corrected chi connectivity index (χ3v) is 4.19. The molecular weight excluding hydrogens is 334 g/mol. The van der Waals surface area contributed by atoms with E-state index >= 15 is 0 Å². The number of hydrogen-bond acceptors (Lipinski definition) is 6. The number of carbonyl (C=O) groups is 1. The monoisotopic (exact) mass is 359 g/mol. The molecule has 26 heavy (non-hydrogen) atoms. The lowest BCUT2D eigenvalue weighted by Crippen LogP contribution is -2.56. The number of benzene rings is 1. The number of para-hydroxylation sites is 1. The van der Waals surface area contributed by atoms with Gasteiger partial charge in [-0.3, -0.25) is 4.79 Å². The number of aromatic nitrogens is 2. The van der Waals surface area contributed by atoms with Crippen LogP contribution < -0.4 is 4.74 Å². The average Bonchev–Trinajstić information content (AvgIpc) is 3.04. The van der Waals surface area contributed by atoms with Crippen molar-refractivity contribution >= 4 is 5.91 Å². The van der Waals surface area contributed by atoms with Crippen LogP contribution in [0.15, 0.2) is 28.8 Å². The van der Waals surface area contributed by atoms with Crippen molar-refractivity contribution in [3.63, 3.8) is 0 Å². The third-order valence-electron chi connectivity index (χ3n) is 4.19. The standard InChI is InChI=1S/C19H25N3O4/c1-13(2)10-18(23)22-11-14(12-22)25-16-7-5-4-6-15(16)19-20-17(21-26-19)8-9-24-3/h4-7,13-14H,8-12H2,1-3H3. The summed E-state index contributed by atoms with van der Waals surface area (Å²) in [6.45, 7) is 5.87. The smallest absolute Gasteiger partial charge is 0.261 e. The highest BCUT2D eigenvalue weighted by atomic mass is 16.5. The van der Waals surface area contributed by atoms with Crippen molar-refractivity contribution in [2.24, 2.45) is 5.92 Å². The van der Waals surface area contributed by atoms with E-state index in [0.29, 0.717) is 55.9 Å². The van der Waals surface area contributed by atoms with Gasteiger partial charge < -0.3 is 18.9 Å². The van der Waals surface area contributed by atoms with Gasteiger partial charge in [0.1, 0.15) is 11.9 Å². The molecule has 1 fully saturated rings. The van der Waals surface area contributed by atoms with Gasteiger partial charge in [0, 0.05) is 20.0 Å². The van der Waals surface area contributed by atoms with Gasteiger partial charge >= 0.3 is 0 Å². The van der Waals surface area contributed by atoms with Crippen LogP contribution in [0.4, 0.5) is 0 Å². The molecule has 0 N–H and O–H groups in total. The number of amides is 1. The van der Waals surface area contributed by atoms with E-state index < -0.39 is 0 Å². The minimum atomic E-state index is -0.0110. The Morgan fingerprint density at radius 2 is 2.12 bits per heavy atom. The Labute approximate surface area is 153 Å². The molecule has 0 bridgehead atoms. The van der Waals surface area contributed by atoms with E-state index in [1.54, 1.807) is 7.11 Å². The van der Waals surface area contributed by atoms with Gasteiger partial charge in [-0.25, -0.2) is 0 Å². The molecule has 140 valence electrons. The second-order valence-electron chi connectivity index (χ2n) is 6.89. The third kappa shape index (κ3) is 4.40. The summed E-state index contributed by atoms with van der Waals surface area (Å²) in [7, 11) is 1.64. The van der Waals surface area contributed by atoms with E-state index in [-0.39, 0.29) is 12.0 Å². The first-order valence-electron chi connectivity index (χ1n) is 8.92. The first-order chi connectivity index (χ1) is 12.6. The molecule has 1 saturated heterocycles. The number of hydrogen-bond donors (Lipinski definition) is 0. The molecule has 1 aromatic heterocycles. The van der Waals surface area contributed by atoms with Gasteiger partial charge in [-0.2, -0.15) is 4.98 Å².